The molecular formula is C19H15F3N2O3. The molecule has 0 spiro atoms. The fraction of sp³-hybridized carbons (Fsp3) is 0.158. The van der Waals surface area contributed by atoms with E-state index in [2.05, 4.69) is 10.5 Å². The number of halogens is 3. The smallest absolute Gasteiger partial charge is 0.416 e. The molecule has 0 aliphatic carbocycles. The number of anilines is 1. The number of nitrogens with zero attached hydrogens (tertiary/aromatic N) is 1. The fourth-order valence-electron chi connectivity index (χ4n) is 2.43. The third-order valence-electron chi connectivity index (χ3n) is 3.75. The minimum atomic E-state index is -4.47. The highest BCUT2D eigenvalue weighted by molar-refractivity contribution is 5.92. The molecule has 1 heterocycles. The van der Waals surface area contributed by atoms with Gasteiger partial charge in [-0.1, -0.05) is 11.2 Å². The molecule has 5 nitrogen and oxygen atoms in total. The van der Waals surface area contributed by atoms with Gasteiger partial charge in [0.05, 0.1) is 24.8 Å². The Bertz CT molecular complexity index is 934. The average molecular weight is 376 g/mol. The first-order valence-electron chi connectivity index (χ1n) is 7.92. The summed E-state index contributed by atoms with van der Waals surface area (Å²) in [5.74, 6) is 0.669. The largest absolute Gasteiger partial charge is 0.497 e. The minimum Gasteiger partial charge on any atom is -0.497 e. The van der Waals surface area contributed by atoms with Gasteiger partial charge in [0.25, 0.3) is 0 Å². The first kappa shape index (κ1) is 18.5. The molecule has 3 rings (SSSR count). The lowest BCUT2D eigenvalue weighted by Crippen LogP contribution is -2.15. The van der Waals surface area contributed by atoms with Crippen molar-refractivity contribution in [1.29, 1.82) is 0 Å². The Labute approximate surface area is 152 Å². The van der Waals surface area contributed by atoms with Crippen LogP contribution in [0.5, 0.6) is 5.75 Å². The number of aromatic nitrogens is 1. The van der Waals surface area contributed by atoms with Crippen molar-refractivity contribution in [3.8, 4) is 17.1 Å². The van der Waals surface area contributed by atoms with Gasteiger partial charge in [-0.05, 0) is 42.5 Å². The Balaban J connectivity index is 1.66. The number of hydrogen-bond acceptors (Lipinski definition) is 4. The zero-order chi connectivity index (χ0) is 19.4. The molecule has 0 aliphatic rings. The van der Waals surface area contributed by atoms with Crippen LogP contribution < -0.4 is 10.1 Å². The second-order valence-electron chi connectivity index (χ2n) is 5.71. The van der Waals surface area contributed by atoms with Gasteiger partial charge in [-0.3, -0.25) is 4.79 Å². The molecule has 0 bridgehead atoms. The molecule has 3 aromatic rings. The molecular weight excluding hydrogens is 361 g/mol. The summed E-state index contributed by atoms with van der Waals surface area (Å²) in [5.41, 5.74) is 0.357. The van der Waals surface area contributed by atoms with Crippen LogP contribution in [0, 0.1) is 0 Å². The van der Waals surface area contributed by atoms with Crippen molar-refractivity contribution in [2.24, 2.45) is 0 Å². The van der Waals surface area contributed by atoms with Crippen LogP contribution in [0.2, 0.25) is 0 Å². The van der Waals surface area contributed by atoms with Crippen molar-refractivity contribution < 1.29 is 27.2 Å². The highest BCUT2D eigenvalue weighted by atomic mass is 19.4. The molecule has 0 fully saturated rings. The average Bonchev–Trinajstić information content (AvgIpc) is 3.09. The highest BCUT2D eigenvalue weighted by Crippen LogP contribution is 2.30. The van der Waals surface area contributed by atoms with Gasteiger partial charge in [0.2, 0.25) is 5.91 Å². The molecule has 0 aliphatic heterocycles. The second kappa shape index (κ2) is 7.53. The number of hydrogen-bond donors (Lipinski definition) is 1. The van der Waals surface area contributed by atoms with Gasteiger partial charge >= 0.3 is 6.18 Å². The zero-order valence-electron chi connectivity index (χ0n) is 14.2. The van der Waals surface area contributed by atoms with Crippen molar-refractivity contribution in [3.05, 3.63) is 65.9 Å². The Kier molecular flexibility index (Phi) is 5.16. The van der Waals surface area contributed by atoms with Gasteiger partial charge in [0.15, 0.2) is 5.76 Å². The molecule has 27 heavy (non-hydrogen) atoms. The lowest BCUT2D eigenvalue weighted by molar-refractivity contribution is -0.137. The molecule has 140 valence electrons. The summed E-state index contributed by atoms with van der Waals surface area (Å²) in [6, 6.07) is 13.1. The summed E-state index contributed by atoms with van der Waals surface area (Å²) in [4.78, 5) is 12.1. The van der Waals surface area contributed by atoms with E-state index in [1.807, 2.05) is 0 Å². The van der Waals surface area contributed by atoms with E-state index in [4.69, 9.17) is 9.26 Å². The standard InChI is InChI=1S/C19H15F3N2O3/c1-26-16-7-5-12(6-8-16)17-10-15(24-27-17)11-18(25)23-14-4-2-3-13(9-14)19(20,21)22/h2-10H,11H2,1H3,(H,23,25). The van der Waals surface area contributed by atoms with Crippen LogP contribution >= 0.6 is 0 Å². The molecule has 0 saturated carbocycles. The first-order chi connectivity index (χ1) is 12.8. The number of nitrogens with one attached hydrogen (secondary N) is 1. The van der Waals surface area contributed by atoms with Gasteiger partial charge in [0.1, 0.15) is 5.75 Å². The highest BCUT2D eigenvalue weighted by Gasteiger charge is 2.30. The summed E-state index contributed by atoms with van der Waals surface area (Å²) in [5, 5.41) is 6.26. The molecule has 0 unspecified atom stereocenters. The quantitative estimate of drug-likeness (QED) is 0.710. The van der Waals surface area contributed by atoms with Crippen LogP contribution in [0.15, 0.2) is 59.1 Å². The number of rotatable bonds is 5. The van der Waals surface area contributed by atoms with Gasteiger partial charge in [0, 0.05) is 17.3 Å². The van der Waals surface area contributed by atoms with Crippen molar-refractivity contribution in [2.75, 3.05) is 12.4 Å². The molecule has 8 heteroatoms. The lowest BCUT2D eigenvalue weighted by atomic mass is 10.1. The number of alkyl halides is 3. The predicted octanol–water partition coefficient (Wildman–Crippen LogP) is 4.55. The van der Waals surface area contributed by atoms with Crippen LogP contribution in [0.3, 0.4) is 0 Å². The Morgan fingerprint density at radius 1 is 1.15 bits per heavy atom. The SMILES string of the molecule is COc1ccc(-c2cc(CC(=O)Nc3cccc(C(F)(F)F)c3)no2)cc1. The molecule has 1 aromatic heterocycles. The second-order valence-corrected chi connectivity index (χ2v) is 5.71. The van der Waals surface area contributed by atoms with E-state index in [0.717, 1.165) is 17.7 Å². The third-order valence-corrected chi connectivity index (χ3v) is 3.75. The predicted molar refractivity (Wildman–Crippen MR) is 92.3 cm³/mol. The Hall–Kier alpha value is -3.29. The van der Waals surface area contributed by atoms with Gasteiger partial charge in [-0.15, -0.1) is 0 Å². The van der Waals surface area contributed by atoms with E-state index in [9.17, 15) is 18.0 Å². The van der Waals surface area contributed by atoms with Crippen LogP contribution in [-0.4, -0.2) is 18.2 Å². The molecule has 1 amide bonds. The van der Waals surface area contributed by atoms with Crippen molar-refractivity contribution in [3.63, 3.8) is 0 Å². The maximum Gasteiger partial charge on any atom is 0.416 e. The monoisotopic (exact) mass is 376 g/mol. The summed E-state index contributed by atoms with van der Waals surface area (Å²) in [6.07, 6.45) is -4.60. The van der Waals surface area contributed by atoms with Crippen molar-refractivity contribution in [1.82, 2.24) is 5.16 Å². The summed E-state index contributed by atoms with van der Waals surface area (Å²) in [6.45, 7) is 0. The Morgan fingerprint density at radius 3 is 2.56 bits per heavy atom. The van der Waals surface area contributed by atoms with Crippen LogP contribution in [0.4, 0.5) is 18.9 Å². The third kappa shape index (κ3) is 4.66. The molecule has 1 N–H and O–H groups in total. The van der Waals surface area contributed by atoms with Crippen LogP contribution in [-0.2, 0) is 17.4 Å². The van der Waals surface area contributed by atoms with Crippen molar-refractivity contribution in [2.45, 2.75) is 12.6 Å². The number of benzene rings is 2. The minimum absolute atomic E-state index is 0.0636. The number of ether oxygens (including phenoxy) is 1. The summed E-state index contributed by atoms with van der Waals surface area (Å²) >= 11 is 0. The van der Waals surface area contributed by atoms with E-state index in [0.29, 0.717) is 17.2 Å². The van der Waals surface area contributed by atoms with E-state index in [1.165, 1.54) is 12.1 Å². The van der Waals surface area contributed by atoms with E-state index < -0.39 is 17.6 Å². The van der Waals surface area contributed by atoms with Gasteiger partial charge < -0.3 is 14.6 Å². The molecule has 0 saturated heterocycles. The van der Waals surface area contributed by atoms with Crippen LogP contribution in [0.25, 0.3) is 11.3 Å². The van der Waals surface area contributed by atoms with E-state index >= 15 is 0 Å². The molecule has 0 radical (unpaired) electrons. The first-order valence-corrected chi connectivity index (χ1v) is 7.92. The number of amides is 1. The number of carbonyl (C=O) groups is 1. The maximum absolute atomic E-state index is 12.7. The van der Waals surface area contributed by atoms with E-state index in [1.54, 1.807) is 37.4 Å². The topological polar surface area (TPSA) is 64.4 Å². The van der Waals surface area contributed by atoms with E-state index in [-0.39, 0.29) is 12.1 Å². The fourth-order valence-corrected chi connectivity index (χ4v) is 2.43. The van der Waals surface area contributed by atoms with Gasteiger partial charge in [-0.2, -0.15) is 13.2 Å². The number of carbonyl (C=O) groups excluding carboxylic acids is 1. The zero-order valence-corrected chi connectivity index (χ0v) is 14.2. The van der Waals surface area contributed by atoms with Crippen LogP contribution in [0.1, 0.15) is 11.3 Å². The van der Waals surface area contributed by atoms with Gasteiger partial charge in [-0.25, -0.2) is 0 Å². The summed E-state index contributed by atoms with van der Waals surface area (Å²) < 4.78 is 48.5. The number of methoxy groups -OCH3 is 1. The summed E-state index contributed by atoms with van der Waals surface area (Å²) in [7, 11) is 1.56. The van der Waals surface area contributed by atoms with Crippen molar-refractivity contribution >= 4 is 11.6 Å². The normalized spacial score (nSPS) is 11.3. The molecule has 2 aromatic carbocycles. The molecule has 0 atom stereocenters. The lowest BCUT2D eigenvalue weighted by Gasteiger charge is -2.09. The Morgan fingerprint density at radius 2 is 1.89 bits per heavy atom. The maximum atomic E-state index is 12.7.